The van der Waals surface area contributed by atoms with E-state index in [-0.39, 0.29) is 22.2 Å². The van der Waals surface area contributed by atoms with Crippen molar-refractivity contribution in [2.75, 3.05) is 11.8 Å². The van der Waals surface area contributed by atoms with Crippen LogP contribution in [0, 0.1) is 0 Å². The second-order valence-corrected chi connectivity index (χ2v) is 7.05. The number of benzene rings is 2. The van der Waals surface area contributed by atoms with Gasteiger partial charge in [-0.25, -0.2) is 13.4 Å². The lowest BCUT2D eigenvalue weighted by Crippen LogP contribution is -2.13. The first-order chi connectivity index (χ1) is 13.0. The van der Waals surface area contributed by atoms with Crippen molar-refractivity contribution >= 4 is 27.2 Å². The minimum absolute atomic E-state index is 0.00594. The third kappa shape index (κ3) is 4.59. The van der Waals surface area contributed by atoms with Crippen LogP contribution in [-0.2, 0) is 10.0 Å². The predicted octanol–water partition coefficient (Wildman–Crippen LogP) is 4.01. The topological polar surface area (TPSA) is 113 Å². The molecule has 0 atom stereocenters. The van der Waals surface area contributed by atoms with Crippen LogP contribution in [0.1, 0.15) is 0 Å². The fraction of sp³-hybridized carbons (Fsp3) is 0.0556. The molecule has 0 unspecified atom stereocenters. The van der Waals surface area contributed by atoms with Crippen molar-refractivity contribution in [3.8, 4) is 11.5 Å². The zero-order chi connectivity index (χ0) is 19.3. The van der Waals surface area contributed by atoms with E-state index in [0.717, 1.165) is 0 Å². The van der Waals surface area contributed by atoms with E-state index in [4.69, 9.17) is 4.74 Å². The molecule has 3 aromatic rings. The van der Waals surface area contributed by atoms with E-state index in [2.05, 4.69) is 19.9 Å². The summed E-state index contributed by atoms with van der Waals surface area (Å²) in [6.07, 6.45) is 1.50. The fourth-order valence-corrected chi connectivity index (χ4v) is 3.16. The molecule has 0 aliphatic heterocycles. The number of pyridine rings is 1. The van der Waals surface area contributed by atoms with Crippen molar-refractivity contribution in [3.05, 3.63) is 66.9 Å². The van der Waals surface area contributed by atoms with Gasteiger partial charge >= 0.3 is 0 Å². The summed E-state index contributed by atoms with van der Waals surface area (Å²) >= 11 is 0. The number of nitrogens with one attached hydrogen (secondary N) is 1. The van der Waals surface area contributed by atoms with Gasteiger partial charge in [0.1, 0.15) is 5.82 Å². The summed E-state index contributed by atoms with van der Waals surface area (Å²) in [5.41, 5.74) is 0.956. The van der Waals surface area contributed by atoms with Crippen LogP contribution >= 0.6 is 0 Å². The summed E-state index contributed by atoms with van der Waals surface area (Å²) in [7, 11) is -2.30. The number of aromatic hydroxyl groups is 1. The average molecular weight is 384 g/mol. The van der Waals surface area contributed by atoms with Crippen LogP contribution in [-0.4, -0.2) is 25.6 Å². The summed E-state index contributed by atoms with van der Waals surface area (Å²) in [5.74, 6) is 0.530. The Kier molecular flexibility index (Phi) is 5.32. The number of azo groups is 1. The molecule has 2 aromatic carbocycles. The first-order valence-corrected chi connectivity index (χ1v) is 9.29. The van der Waals surface area contributed by atoms with Gasteiger partial charge in [-0.15, -0.1) is 0 Å². The number of phenols is 1. The summed E-state index contributed by atoms with van der Waals surface area (Å²) in [6, 6.07) is 15.4. The molecule has 8 nitrogen and oxygen atoms in total. The Morgan fingerprint density at radius 3 is 2.37 bits per heavy atom. The predicted molar refractivity (Wildman–Crippen MR) is 100 cm³/mol. The van der Waals surface area contributed by atoms with Gasteiger partial charge in [0, 0.05) is 12.3 Å². The Labute approximate surface area is 156 Å². The van der Waals surface area contributed by atoms with Crippen LogP contribution in [0.2, 0.25) is 0 Å². The van der Waals surface area contributed by atoms with Gasteiger partial charge in [-0.3, -0.25) is 4.72 Å². The SMILES string of the molecule is COc1cc(N=Nc2ccc(S(=O)(=O)Nc3ccccn3)cc2)ccc1O. The van der Waals surface area contributed by atoms with Gasteiger partial charge in [-0.1, -0.05) is 6.07 Å². The van der Waals surface area contributed by atoms with E-state index in [1.807, 2.05) is 0 Å². The molecule has 0 amide bonds. The first-order valence-electron chi connectivity index (χ1n) is 7.80. The summed E-state index contributed by atoms with van der Waals surface area (Å²) in [4.78, 5) is 4.02. The Bertz CT molecular complexity index is 1050. The van der Waals surface area contributed by atoms with Gasteiger partial charge in [0.25, 0.3) is 10.0 Å². The number of hydrogen-bond donors (Lipinski definition) is 2. The molecule has 138 valence electrons. The maximum atomic E-state index is 12.4. The first kappa shape index (κ1) is 18.3. The molecule has 0 saturated carbocycles. The lowest BCUT2D eigenvalue weighted by atomic mass is 10.3. The van der Waals surface area contributed by atoms with E-state index in [0.29, 0.717) is 11.4 Å². The molecule has 1 heterocycles. The van der Waals surface area contributed by atoms with E-state index in [9.17, 15) is 13.5 Å². The molecule has 0 fully saturated rings. The zero-order valence-electron chi connectivity index (χ0n) is 14.3. The maximum Gasteiger partial charge on any atom is 0.263 e. The summed E-state index contributed by atoms with van der Waals surface area (Å²) < 4.78 is 32.1. The van der Waals surface area contributed by atoms with Crippen molar-refractivity contribution in [1.82, 2.24) is 4.98 Å². The van der Waals surface area contributed by atoms with E-state index in [1.165, 1.54) is 49.7 Å². The molecule has 1 aromatic heterocycles. The number of phenolic OH excluding ortho intramolecular Hbond substituents is 1. The Hall–Kier alpha value is -3.46. The number of hydrogen-bond acceptors (Lipinski definition) is 7. The number of aromatic nitrogens is 1. The largest absolute Gasteiger partial charge is 0.504 e. The van der Waals surface area contributed by atoms with Crippen LogP contribution < -0.4 is 9.46 Å². The highest BCUT2D eigenvalue weighted by Gasteiger charge is 2.14. The van der Waals surface area contributed by atoms with E-state index < -0.39 is 10.0 Å². The summed E-state index contributed by atoms with van der Waals surface area (Å²) in [5, 5.41) is 17.7. The minimum atomic E-state index is -3.74. The number of sulfonamides is 1. The van der Waals surface area contributed by atoms with Crippen LogP contribution in [0.5, 0.6) is 11.5 Å². The van der Waals surface area contributed by atoms with Gasteiger partial charge in [0.05, 0.1) is 23.4 Å². The number of nitrogens with zero attached hydrogens (tertiary/aromatic N) is 3. The van der Waals surface area contributed by atoms with Crippen LogP contribution in [0.15, 0.2) is 82.0 Å². The number of anilines is 1. The molecule has 3 rings (SSSR count). The third-order valence-electron chi connectivity index (χ3n) is 3.50. The minimum Gasteiger partial charge on any atom is -0.504 e. The molecule has 9 heteroatoms. The maximum absolute atomic E-state index is 12.4. The molecule has 0 spiro atoms. The Balaban J connectivity index is 1.75. The second kappa shape index (κ2) is 7.83. The Morgan fingerprint density at radius 1 is 1.00 bits per heavy atom. The lowest BCUT2D eigenvalue weighted by Gasteiger charge is -2.07. The van der Waals surface area contributed by atoms with Crippen molar-refractivity contribution < 1.29 is 18.3 Å². The van der Waals surface area contributed by atoms with Gasteiger partial charge in [-0.2, -0.15) is 10.2 Å². The third-order valence-corrected chi connectivity index (χ3v) is 4.87. The Morgan fingerprint density at radius 2 is 1.70 bits per heavy atom. The van der Waals surface area contributed by atoms with Crippen molar-refractivity contribution in [1.29, 1.82) is 0 Å². The monoisotopic (exact) mass is 384 g/mol. The second-order valence-electron chi connectivity index (χ2n) is 5.37. The van der Waals surface area contributed by atoms with Gasteiger partial charge < -0.3 is 9.84 Å². The highest BCUT2D eigenvalue weighted by Crippen LogP contribution is 2.31. The van der Waals surface area contributed by atoms with E-state index in [1.54, 1.807) is 24.3 Å². The number of rotatable bonds is 6. The van der Waals surface area contributed by atoms with Crippen molar-refractivity contribution in [3.63, 3.8) is 0 Å². The normalized spacial score (nSPS) is 11.4. The van der Waals surface area contributed by atoms with Crippen LogP contribution in [0.4, 0.5) is 17.2 Å². The van der Waals surface area contributed by atoms with E-state index >= 15 is 0 Å². The number of methoxy groups -OCH3 is 1. The molecule has 0 aliphatic rings. The molecular formula is C18H16N4O4S. The fourth-order valence-electron chi connectivity index (χ4n) is 2.16. The number of ether oxygens (including phenoxy) is 1. The molecular weight excluding hydrogens is 368 g/mol. The zero-order valence-corrected chi connectivity index (χ0v) is 15.1. The molecule has 2 N–H and O–H groups in total. The molecule has 0 radical (unpaired) electrons. The molecule has 27 heavy (non-hydrogen) atoms. The van der Waals surface area contributed by atoms with Gasteiger partial charge in [0.15, 0.2) is 11.5 Å². The highest BCUT2D eigenvalue weighted by molar-refractivity contribution is 7.92. The van der Waals surface area contributed by atoms with Crippen molar-refractivity contribution in [2.24, 2.45) is 10.2 Å². The quantitative estimate of drug-likeness (QED) is 0.623. The highest BCUT2D eigenvalue weighted by atomic mass is 32.2. The molecule has 0 aliphatic carbocycles. The molecule has 0 saturated heterocycles. The average Bonchev–Trinajstić information content (AvgIpc) is 2.68. The lowest BCUT2D eigenvalue weighted by molar-refractivity contribution is 0.373. The summed E-state index contributed by atoms with van der Waals surface area (Å²) in [6.45, 7) is 0. The van der Waals surface area contributed by atoms with Crippen molar-refractivity contribution in [2.45, 2.75) is 4.90 Å². The molecule has 0 bridgehead atoms. The van der Waals surface area contributed by atoms with Gasteiger partial charge in [0.2, 0.25) is 0 Å². The van der Waals surface area contributed by atoms with Gasteiger partial charge in [-0.05, 0) is 48.5 Å². The van der Waals surface area contributed by atoms with Crippen LogP contribution in [0.3, 0.4) is 0 Å². The van der Waals surface area contributed by atoms with Crippen LogP contribution in [0.25, 0.3) is 0 Å². The smallest absolute Gasteiger partial charge is 0.263 e. The standard InChI is InChI=1S/C18H16N4O4S/c1-26-17-12-14(7-10-16(17)23)21-20-13-5-8-15(9-6-13)27(24,25)22-18-4-2-3-11-19-18/h2-12,23H,1H3,(H,19,22).